The van der Waals surface area contributed by atoms with Crippen molar-refractivity contribution in [2.75, 3.05) is 0 Å². The first-order valence-electron chi connectivity index (χ1n) is 11.0. The molecule has 0 saturated heterocycles. The third kappa shape index (κ3) is 8.00. The molecule has 1 aromatic heterocycles. The number of nitrogens with zero attached hydrogens (tertiary/aromatic N) is 1. The summed E-state index contributed by atoms with van der Waals surface area (Å²) in [5.74, 6) is -3.33. The summed E-state index contributed by atoms with van der Waals surface area (Å²) in [6.45, 7) is 4.84. The van der Waals surface area contributed by atoms with E-state index < -0.39 is 47.9 Å². The molecule has 0 aliphatic heterocycles. The number of nitrogens with one attached hydrogen (secondary N) is 4. The molecule has 11 heteroatoms. The number of aliphatic carboxylic acids is 1. The van der Waals surface area contributed by atoms with Crippen molar-refractivity contribution in [1.82, 2.24) is 25.9 Å². The van der Waals surface area contributed by atoms with Crippen molar-refractivity contribution in [2.45, 2.75) is 57.8 Å². The summed E-state index contributed by atoms with van der Waals surface area (Å²) in [5.41, 5.74) is 7.00. The summed E-state index contributed by atoms with van der Waals surface area (Å²) in [7, 11) is 0. The number of aromatic nitrogens is 2. The van der Waals surface area contributed by atoms with Crippen LogP contribution >= 0.6 is 0 Å². The number of aromatic amines is 1. The van der Waals surface area contributed by atoms with Crippen LogP contribution in [0.2, 0.25) is 0 Å². The molecule has 1 aromatic carbocycles. The zero-order chi connectivity index (χ0) is 25.3. The Hall–Kier alpha value is -3.73. The van der Waals surface area contributed by atoms with Crippen LogP contribution in [0.4, 0.5) is 0 Å². The van der Waals surface area contributed by atoms with Gasteiger partial charge >= 0.3 is 5.97 Å². The van der Waals surface area contributed by atoms with Gasteiger partial charge in [0.1, 0.15) is 18.1 Å². The van der Waals surface area contributed by atoms with Gasteiger partial charge in [0.15, 0.2) is 0 Å². The largest absolute Gasteiger partial charge is 0.480 e. The van der Waals surface area contributed by atoms with Crippen molar-refractivity contribution >= 4 is 23.7 Å². The Bertz CT molecular complexity index is 961. The molecular formula is C23H32N6O5. The van der Waals surface area contributed by atoms with Crippen LogP contribution in [0, 0.1) is 5.92 Å². The van der Waals surface area contributed by atoms with E-state index in [1.807, 2.05) is 6.07 Å². The van der Waals surface area contributed by atoms with Crippen LogP contribution in [-0.4, -0.2) is 62.9 Å². The SMILES string of the molecule is CC(N)C(=O)NC(Cc1cnc[nH]1)C(=O)NC(Cc1ccccc1)C(=O)NC(C(=O)O)C(C)C. The lowest BCUT2D eigenvalue weighted by Crippen LogP contribution is -2.58. The fraction of sp³-hybridized carbons (Fsp3) is 0.435. The van der Waals surface area contributed by atoms with Gasteiger partial charge in [0, 0.05) is 24.7 Å². The van der Waals surface area contributed by atoms with E-state index in [1.54, 1.807) is 38.1 Å². The number of carboxylic acids is 1. The van der Waals surface area contributed by atoms with Gasteiger partial charge in [0.05, 0.1) is 12.4 Å². The molecule has 0 aliphatic rings. The number of nitrogens with two attached hydrogens (primary N) is 1. The van der Waals surface area contributed by atoms with Crippen molar-refractivity contribution < 1.29 is 24.3 Å². The molecule has 0 bridgehead atoms. The monoisotopic (exact) mass is 472 g/mol. The van der Waals surface area contributed by atoms with E-state index in [9.17, 15) is 24.3 Å². The Morgan fingerprint density at radius 2 is 1.53 bits per heavy atom. The first-order chi connectivity index (χ1) is 16.1. The Morgan fingerprint density at radius 1 is 0.941 bits per heavy atom. The molecule has 0 radical (unpaired) electrons. The molecule has 0 fully saturated rings. The summed E-state index contributed by atoms with van der Waals surface area (Å²) in [5, 5.41) is 17.2. The summed E-state index contributed by atoms with van der Waals surface area (Å²) in [6.07, 6.45) is 3.18. The maximum Gasteiger partial charge on any atom is 0.326 e. The van der Waals surface area contributed by atoms with E-state index in [1.165, 1.54) is 19.4 Å². The van der Waals surface area contributed by atoms with Gasteiger partial charge in [-0.05, 0) is 18.4 Å². The van der Waals surface area contributed by atoms with Gasteiger partial charge in [0.25, 0.3) is 0 Å². The van der Waals surface area contributed by atoms with E-state index >= 15 is 0 Å². The molecular weight excluding hydrogens is 440 g/mol. The predicted octanol–water partition coefficient (Wildman–Crippen LogP) is -0.263. The fourth-order valence-corrected chi connectivity index (χ4v) is 3.23. The first-order valence-corrected chi connectivity index (χ1v) is 11.0. The van der Waals surface area contributed by atoms with Gasteiger partial charge in [0.2, 0.25) is 17.7 Å². The highest BCUT2D eigenvalue weighted by Crippen LogP contribution is 2.08. The normalized spacial score (nSPS) is 14.5. The van der Waals surface area contributed by atoms with Crippen molar-refractivity contribution in [3.8, 4) is 0 Å². The number of hydrogen-bond acceptors (Lipinski definition) is 6. The zero-order valence-corrected chi connectivity index (χ0v) is 19.4. The molecule has 1 heterocycles. The van der Waals surface area contributed by atoms with Gasteiger partial charge in [-0.2, -0.15) is 0 Å². The molecule has 4 unspecified atom stereocenters. The Morgan fingerprint density at radius 3 is 2.06 bits per heavy atom. The summed E-state index contributed by atoms with van der Waals surface area (Å²) < 4.78 is 0. The van der Waals surface area contributed by atoms with Crippen LogP contribution in [0.5, 0.6) is 0 Å². The van der Waals surface area contributed by atoms with Crippen molar-refractivity contribution in [1.29, 1.82) is 0 Å². The number of carboxylic acid groups (broad SMARTS) is 1. The molecule has 7 N–H and O–H groups in total. The smallest absolute Gasteiger partial charge is 0.326 e. The first kappa shape index (κ1) is 26.5. The van der Waals surface area contributed by atoms with E-state index in [2.05, 4.69) is 25.9 Å². The van der Waals surface area contributed by atoms with Crippen LogP contribution in [0.25, 0.3) is 0 Å². The fourth-order valence-electron chi connectivity index (χ4n) is 3.23. The van der Waals surface area contributed by atoms with Gasteiger partial charge in [-0.3, -0.25) is 14.4 Å². The molecule has 11 nitrogen and oxygen atoms in total. The lowest BCUT2D eigenvalue weighted by molar-refractivity contribution is -0.143. The minimum absolute atomic E-state index is 0.0910. The van der Waals surface area contributed by atoms with Gasteiger partial charge in [-0.15, -0.1) is 0 Å². The molecule has 3 amide bonds. The van der Waals surface area contributed by atoms with Crippen LogP contribution in [0.1, 0.15) is 32.0 Å². The highest BCUT2D eigenvalue weighted by atomic mass is 16.4. The second-order valence-corrected chi connectivity index (χ2v) is 8.45. The molecule has 0 saturated carbocycles. The molecule has 4 atom stereocenters. The Labute approximate surface area is 197 Å². The van der Waals surface area contributed by atoms with E-state index in [0.717, 1.165) is 5.56 Å². The number of amides is 3. The summed E-state index contributed by atoms with van der Waals surface area (Å²) >= 11 is 0. The maximum atomic E-state index is 13.2. The minimum atomic E-state index is -1.17. The van der Waals surface area contributed by atoms with E-state index in [0.29, 0.717) is 5.69 Å². The van der Waals surface area contributed by atoms with Crippen LogP contribution in [0.15, 0.2) is 42.9 Å². The third-order valence-electron chi connectivity index (χ3n) is 5.17. The molecule has 0 aliphatic carbocycles. The second-order valence-electron chi connectivity index (χ2n) is 8.45. The number of imidazole rings is 1. The van der Waals surface area contributed by atoms with E-state index in [-0.39, 0.29) is 18.8 Å². The van der Waals surface area contributed by atoms with Crippen LogP contribution < -0.4 is 21.7 Å². The number of carbonyl (C=O) groups is 4. The average molecular weight is 473 g/mol. The number of rotatable bonds is 12. The maximum absolute atomic E-state index is 13.2. The minimum Gasteiger partial charge on any atom is -0.480 e. The molecule has 2 aromatic rings. The Balaban J connectivity index is 2.26. The topological polar surface area (TPSA) is 179 Å². The molecule has 34 heavy (non-hydrogen) atoms. The quantitative estimate of drug-likeness (QED) is 0.246. The second kappa shape index (κ2) is 12.5. The predicted molar refractivity (Wildman–Crippen MR) is 124 cm³/mol. The lowest BCUT2D eigenvalue weighted by atomic mass is 10.0. The molecule has 2 rings (SSSR count). The van der Waals surface area contributed by atoms with Crippen molar-refractivity contribution in [3.05, 3.63) is 54.1 Å². The van der Waals surface area contributed by atoms with Gasteiger partial charge in [-0.25, -0.2) is 9.78 Å². The third-order valence-corrected chi connectivity index (χ3v) is 5.17. The van der Waals surface area contributed by atoms with Crippen LogP contribution in [-0.2, 0) is 32.0 Å². The molecule has 184 valence electrons. The Kier molecular flexibility index (Phi) is 9.75. The van der Waals surface area contributed by atoms with Gasteiger partial charge in [-0.1, -0.05) is 44.2 Å². The number of hydrogen-bond donors (Lipinski definition) is 6. The lowest BCUT2D eigenvalue weighted by Gasteiger charge is -2.26. The summed E-state index contributed by atoms with van der Waals surface area (Å²) in [6, 6.07) is 4.92. The number of benzene rings is 1. The number of carbonyl (C=O) groups excluding carboxylic acids is 3. The number of H-pyrrole nitrogens is 1. The average Bonchev–Trinajstić information content (AvgIpc) is 3.29. The van der Waals surface area contributed by atoms with Crippen molar-refractivity contribution in [2.24, 2.45) is 11.7 Å². The highest BCUT2D eigenvalue weighted by Gasteiger charge is 2.31. The van der Waals surface area contributed by atoms with Crippen LogP contribution in [0.3, 0.4) is 0 Å². The molecule has 0 spiro atoms. The van der Waals surface area contributed by atoms with Crippen molar-refractivity contribution in [3.63, 3.8) is 0 Å². The highest BCUT2D eigenvalue weighted by molar-refractivity contribution is 5.94. The van der Waals surface area contributed by atoms with Gasteiger partial charge < -0.3 is 31.8 Å². The summed E-state index contributed by atoms with van der Waals surface area (Å²) in [4.78, 5) is 56.8. The van der Waals surface area contributed by atoms with E-state index in [4.69, 9.17) is 5.73 Å². The standard InChI is InChI=1S/C23H32N6O5/c1-13(2)19(23(33)34)29-22(32)17(9-15-7-5-4-6-8-15)28-21(31)18(27-20(30)14(3)24)10-16-11-25-12-26-16/h4-8,11-14,17-19H,9-10,24H2,1-3H3,(H,25,26)(H,27,30)(H,28,31)(H,29,32)(H,33,34). The zero-order valence-electron chi connectivity index (χ0n) is 19.4.